The fourth-order valence-electron chi connectivity index (χ4n) is 2.00. The second kappa shape index (κ2) is 7.07. The van der Waals surface area contributed by atoms with Crippen molar-refractivity contribution in [2.75, 3.05) is 0 Å². The first-order valence-corrected chi connectivity index (χ1v) is 7.58. The van der Waals surface area contributed by atoms with Crippen molar-refractivity contribution in [1.82, 2.24) is 5.32 Å². The number of ether oxygens (including phenoxy) is 1. The fraction of sp³-hybridized carbons (Fsp3) is 0.312. The minimum atomic E-state index is -0.690. The van der Waals surface area contributed by atoms with E-state index in [1.807, 2.05) is 19.9 Å². The molecule has 0 bridgehead atoms. The molecule has 4 nitrogen and oxygen atoms in total. The van der Waals surface area contributed by atoms with Crippen LogP contribution in [-0.2, 0) is 11.3 Å². The van der Waals surface area contributed by atoms with Crippen LogP contribution in [0.25, 0.3) is 0 Å². The van der Waals surface area contributed by atoms with Gasteiger partial charge in [-0.05, 0) is 39.0 Å². The molecule has 2 rings (SSSR count). The molecule has 0 radical (unpaired) electrons. The molecule has 0 saturated heterocycles. The zero-order valence-corrected chi connectivity index (χ0v) is 14.1. The lowest BCUT2D eigenvalue weighted by molar-refractivity contribution is -0.127. The van der Waals surface area contributed by atoms with Crippen molar-refractivity contribution in [2.45, 2.75) is 33.4 Å². The summed E-state index contributed by atoms with van der Waals surface area (Å²) >= 11 is 12.0. The summed E-state index contributed by atoms with van der Waals surface area (Å²) in [5.74, 6) is 1.75. The van der Waals surface area contributed by atoms with Crippen molar-refractivity contribution in [3.8, 4) is 5.75 Å². The van der Waals surface area contributed by atoms with Crippen LogP contribution in [0.3, 0.4) is 0 Å². The third-order valence-electron chi connectivity index (χ3n) is 3.19. The lowest BCUT2D eigenvalue weighted by atomic mass is 10.2. The summed E-state index contributed by atoms with van der Waals surface area (Å²) in [6.07, 6.45) is -0.690. The Labute approximate surface area is 139 Å². The maximum absolute atomic E-state index is 12.1. The smallest absolute Gasteiger partial charge is 0.261 e. The normalized spacial score (nSPS) is 12.0. The van der Waals surface area contributed by atoms with Gasteiger partial charge < -0.3 is 14.5 Å². The maximum atomic E-state index is 12.1. The van der Waals surface area contributed by atoms with Crippen molar-refractivity contribution in [3.63, 3.8) is 0 Å². The quantitative estimate of drug-likeness (QED) is 0.882. The van der Waals surface area contributed by atoms with Gasteiger partial charge in [0.15, 0.2) is 6.10 Å². The second-order valence-corrected chi connectivity index (χ2v) is 5.75. The van der Waals surface area contributed by atoms with Gasteiger partial charge in [-0.25, -0.2) is 0 Å². The Hall–Kier alpha value is -1.65. The summed E-state index contributed by atoms with van der Waals surface area (Å²) in [7, 11) is 0. The van der Waals surface area contributed by atoms with Crippen LogP contribution in [0, 0.1) is 13.8 Å². The number of hydrogen-bond acceptors (Lipinski definition) is 3. The Balaban J connectivity index is 1.95. The number of halogens is 2. The lowest BCUT2D eigenvalue weighted by Crippen LogP contribution is -2.36. The number of nitrogens with one attached hydrogen (secondary N) is 1. The summed E-state index contributed by atoms with van der Waals surface area (Å²) in [6.45, 7) is 5.77. The first-order chi connectivity index (χ1) is 10.4. The predicted octanol–water partition coefficient (Wildman–Crippen LogP) is 4.29. The van der Waals surface area contributed by atoms with E-state index >= 15 is 0 Å². The summed E-state index contributed by atoms with van der Waals surface area (Å²) < 4.78 is 11.0. The van der Waals surface area contributed by atoms with E-state index in [1.165, 1.54) is 0 Å². The first kappa shape index (κ1) is 16.7. The first-order valence-electron chi connectivity index (χ1n) is 6.82. The van der Waals surface area contributed by atoms with Gasteiger partial charge in [-0.2, -0.15) is 0 Å². The van der Waals surface area contributed by atoms with Gasteiger partial charge in [0.25, 0.3) is 5.91 Å². The molecule has 1 amide bonds. The van der Waals surface area contributed by atoms with E-state index in [2.05, 4.69) is 5.32 Å². The van der Waals surface area contributed by atoms with Crippen LogP contribution in [0.5, 0.6) is 5.75 Å². The number of carbonyl (C=O) groups is 1. The van der Waals surface area contributed by atoms with Crippen LogP contribution in [-0.4, -0.2) is 12.0 Å². The molecule has 1 atom stereocenters. The Kier molecular flexibility index (Phi) is 5.37. The molecule has 1 aromatic heterocycles. The Morgan fingerprint density at radius 1 is 1.36 bits per heavy atom. The van der Waals surface area contributed by atoms with Crippen LogP contribution in [0.2, 0.25) is 10.0 Å². The second-order valence-electron chi connectivity index (χ2n) is 4.97. The molecule has 1 unspecified atom stereocenters. The van der Waals surface area contributed by atoms with E-state index < -0.39 is 6.10 Å². The number of aryl methyl sites for hydroxylation is 2. The van der Waals surface area contributed by atoms with Gasteiger partial charge in [0.2, 0.25) is 0 Å². The molecule has 1 heterocycles. The Morgan fingerprint density at radius 3 is 2.73 bits per heavy atom. The topological polar surface area (TPSA) is 51.5 Å². The van der Waals surface area contributed by atoms with E-state index in [0.29, 0.717) is 22.3 Å². The number of amides is 1. The number of carbonyl (C=O) groups excluding carboxylic acids is 1. The van der Waals surface area contributed by atoms with Crippen LogP contribution >= 0.6 is 23.2 Å². The summed E-state index contributed by atoms with van der Waals surface area (Å²) in [4.78, 5) is 12.1. The molecule has 0 aliphatic carbocycles. The Bertz CT molecular complexity index is 682. The summed E-state index contributed by atoms with van der Waals surface area (Å²) in [6, 6.07) is 6.94. The van der Waals surface area contributed by atoms with Gasteiger partial charge in [0, 0.05) is 12.1 Å². The van der Waals surface area contributed by atoms with E-state index in [4.69, 9.17) is 32.4 Å². The SMILES string of the molecule is Cc1cc(CNC(=O)C(C)Oc2cccc(Cl)c2Cl)c(C)o1. The summed E-state index contributed by atoms with van der Waals surface area (Å²) in [5.41, 5.74) is 0.943. The van der Waals surface area contributed by atoms with Crippen LogP contribution in [0.1, 0.15) is 24.0 Å². The highest BCUT2D eigenvalue weighted by atomic mass is 35.5. The van der Waals surface area contributed by atoms with E-state index in [9.17, 15) is 4.79 Å². The molecule has 22 heavy (non-hydrogen) atoms. The minimum Gasteiger partial charge on any atom is -0.479 e. The highest BCUT2D eigenvalue weighted by molar-refractivity contribution is 6.42. The van der Waals surface area contributed by atoms with Crippen LogP contribution < -0.4 is 10.1 Å². The van der Waals surface area contributed by atoms with Crippen LogP contribution in [0.15, 0.2) is 28.7 Å². The number of rotatable bonds is 5. The third kappa shape index (κ3) is 3.96. The van der Waals surface area contributed by atoms with E-state index in [-0.39, 0.29) is 5.91 Å². The minimum absolute atomic E-state index is 0.241. The Morgan fingerprint density at radius 2 is 2.09 bits per heavy atom. The van der Waals surface area contributed by atoms with Gasteiger partial charge in [0.1, 0.15) is 22.3 Å². The van der Waals surface area contributed by atoms with Gasteiger partial charge in [-0.1, -0.05) is 29.3 Å². The zero-order valence-electron chi connectivity index (χ0n) is 12.6. The standard InChI is InChI=1S/C16H17Cl2NO3/c1-9-7-12(10(2)21-9)8-19-16(20)11(3)22-14-6-4-5-13(17)15(14)18/h4-7,11H,8H2,1-3H3,(H,19,20). The maximum Gasteiger partial charge on any atom is 0.261 e. The molecular weight excluding hydrogens is 325 g/mol. The highest BCUT2D eigenvalue weighted by Gasteiger charge is 2.17. The molecule has 2 aromatic rings. The fourth-order valence-corrected chi connectivity index (χ4v) is 2.34. The van der Waals surface area contributed by atoms with Crippen LogP contribution in [0.4, 0.5) is 0 Å². The monoisotopic (exact) mass is 341 g/mol. The summed E-state index contributed by atoms with van der Waals surface area (Å²) in [5, 5.41) is 3.49. The average molecular weight is 342 g/mol. The molecule has 0 saturated carbocycles. The third-order valence-corrected chi connectivity index (χ3v) is 3.99. The van der Waals surface area contributed by atoms with Gasteiger partial charge >= 0.3 is 0 Å². The van der Waals surface area contributed by atoms with Crippen molar-refractivity contribution in [2.24, 2.45) is 0 Å². The molecule has 0 fully saturated rings. The van der Waals surface area contributed by atoms with Gasteiger partial charge in [-0.15, -0.1) is 0 Å². The number of furan rings is 1. The van der Waals surface area contributed by atoms with Crippen molar-refractivity contribution >= 4 is 29.1 Å². The molecule has 1 aromatic carbocycles. The van der Waals surface area contributed by atoms with Gasteiger partial charge in [0.05, 0.1) is 5.02 Å². The molecule has 6 heteroatoms. The molecule has 0 spiro atoms. The number of hydrogen-bond donors (Lipinski definition) is 1. The zero-order chi connectivity index (χ0) is 16.3. The average Bonchev–Trinajstić information content (AvgIpc) is 2.79. The van der Waals surface area contributed by atoms with Crippen molar-refractivity contribution in [1.29, 1.82) is 0 Å². The van der Waals surface area contributed by atoms with Crippen molar-refractivity contribution in [3.05, 3.63) is 51.4 Å². The lowest BCUT2D eigenvalue weighted by Gasteiger charge is -2.15. The largest absolute Gasteiger partial charge is 0.479 e. The van der Waals surface area contributed by atoms with E-state index in [1.54, 1.807) is 25.1 Å². The van der Waals surface area contributed by atoms with Crippen molar-refractivity contribution < 1.29 is 13.9 Å². The molecule has 0 aliphatic heterocycles. The molecule has 0 aliphatic rings. The highest BCUT2D eigenvalue weighted by Crippen LogP contribution is 2.32. The molecule has 118 valence electrons. The van der Waals surface area contributed by atoms with E-state index in [0.717, 1.165) is 17.1 Å². The molecular formula is C16H17Cl2NO3. The molecule has 1 N–H and O–H groups in total. The number of benzene rings is 1. The van der Waals surface area contributed by atoms with Gasteiger partial charge in [-0.3, -0.25) is 4.79 Å². The predicted molar refractivity (Wildman–Crippen MR) is 86.6 cm³/mol.